The van der Waals surface area contributed by atoms with Gasteiger partial charge in [-0.25, -0.2) is 0 Å². The molecule has 1 aliphatic rings. The summed E-state index contributed by atoms with van der Waals surface area (Å²) in [4.78, 5) is 15.4. The zero-order valence-corrected chi connectivity index (χ0v) is 14.4. The number of nitrogens with one attached hydrogen (secondary N) is 1. The van der Waals surface area contributed by atoms with Crippen LogP contribution in [0.4, 0.5) is 5.69 Å². The largest absolute Gasteiger partial charge is 0.312 e. The molecule has 0 radical (unpaired) electrons. The molecule has 120 valence electrons. The summed E-state index contributed by atoms with van der Waals surface area (Å²) in [6, 6.07) is 16.7. The Morgan fingerprint density at radius 3 is 2.74 bits per heavy atom. The van der Waals surface area contributed by atoms with Crippen LogP contribution in [0.2, 0.25) is 0 Å². The van der Waals surface area contributed by atoms with Crippen LogP contribution < -0.4 is 9.62 Å². The van der Waals surface area contributed by atoms with Crippen LogP contribution in [0, 0.1) is 5.92 Å². The van der Waals surface area contributed by atoms with Crippen LogP contribution in [0.3, 0.4) is 0 Å². The van der Waals surface area contributed by atoms with E-state index in [9.17, 15) is 4.79 Å². The van der Waals surface area contributed by atoms with Gasteiger partial charge in [0, 0.05) is 29.6 Å². The molecule has 0 saturated heterocycles. The molecule has 2 aromatic carbocycles. The van der Waals surface area contributed by atoms with E-state index in [4.69, 9.17) is 0 Å². The second-order valence-corrected chi connectivity index (χ2v) is 7.06. The molecule has 1 aliphatic heterocycles. The topological polar surface area (TPSA) is 32.3 Å². The quantitative estimate of drug-likeness (QED) is 0.842. The van der Waals surface area contributed by atoms with E-state index in [0.29, 0.717) is 0 Å². The van der Waals surface area contributed by atoms with Crippen molar-refractivity contribution in [2.24, 2.45) is 5.92 Å². The van der Waals surface area contributed by atoms with Crippen molar-refractivity contribution in [1.29, 1.82) is 0 Å². The fourth-order valence-corrected chi connectivity index (χ4v) is 3.50. The number of fused-ring (bicyclic) bond motifs is 1. The molecular formula is C19H22N2OS. The Hall–Kier alpha value is -1.78. The van der Waals surface area contributed by atoms with Gasteiger partial charge in [0.2, 0.25) is 5.91 Å². The molecule has 3 nitrogen and oxygen atoms in total. The first-order valence-electron chi connectivity index (χ1n) is 8.03. The second kappa shape index (κ2) is 7.20. The zero-order chi connectivity index (χ0) is 16.2. The van der Waals surface area contributed by atoms with Crippen LogP contribution in [0.15, 0.2) is 53.4 Å². The van der Waals surface area contributed by atoms with Crippen LogP contribution in [-0.4, -0.2) is 12.5 Å². The summed E-state index contributed by atoms with van der Waals surface area (Å²) in [6.45, 7) is 5.53. The van der Waals surface area contributed by atoms with Gasteiger partial charge < -0.3 is 4.90 Å². The first kappa shape index (κ1) is 16.1. The summed E-state index contributed by atoms with van der Waals surface area (Å²) >= 11 is 1.64. The van der Waals surface area contributed by atoms with Gasteiger partial charge in [-0.3, -0.25) is 9.52 Å². The lowest BCUT2D eigenvalue weighted by molar-refractivity contribution is -0.121. The minimum Gasteiger partial charge on any atom is -0.312 e. The summed E-state index contributed by atoms with van der Waals surface area (Å²) in [5.74, 6) is 0.263. The van der Waals surface area contributed by atoms with Crippen molar-refractivity contribution in [3.05, 3.63) is 59.7 Å². The number of hydrogen-bond donors (Lipinski definition) is 1. The second-order valence-electron chi connectivity index (χ2n) is 6.09. The molecule has 4 heteroatoms. The molecule has 0 atom stereocenters. The fraction of sp³-hybridized carbons (Fsp3) is 0.316. The lowest BCUT2D eigenvalue weighted by Gasteiger charge is -2.19. The predicted octanol–water partition coefficient (Wildman–Crippen LogP) is 4.03. The minimum absolute atomic E-state index is 0.0459. The van der Waals surface area contributed by atoms with E-state index in [2.05, 4.69) is 35.1 Å². The summed E-state index contributed by atoms with van der Waals surface area (Å²) in [6.07, 6.45) is 0.952. The highest BCUT2D eigenvalue weighted by atomic mass is 32.2. The van der Waals surface area contributed by atoms with E-state index in [1.807, 2.05) is 36.9 Å². The van der Waals surface area contributed by atoms with Gasteiger partial charge in [0.25, 0.3) is 0 Å². The van der Waals surface area contributed by atoms with E-state index < -0.39 is 0 Å². The average Bonchev–Trinajstić information content (AvgIpc) is 2.98. The van der Waals surface area contributed by atoms with Crippen molar-refractivity contribution in [3.8, 4) is 0 Å². The van der Waals surface area contributed by atoms with Crippen LogP contribution in [0.5, 0.6) is 0 Å². The summed E-state index contributed by atoms with van der Waals surface area (Å²) in [5, 5.41) is 0. The number of anilines is 1. The molecule has 3 rings (SSSR count). The summed E-state index contributed by atoms with van der Waals surface area (Å²) < 4.78 is 3.40. The third kappa shape index (κ3) is 3.77. The number of carbonyl (C=O) groups excluding carboxylic acids is 1. The van der Waals surface area contributed by atoms with Gasteiger partial charge in [-0.05, 0) is 47.7 Å². The van der Waals surface area contributed by atoms with Gasteiger partial charge in [0.1, 0.15) is 0 Å². The highest BCUT2D eigenvalue weighted by Gasteiger charge is 2.26. The molecule has 0 unspecified atom stereocenters. The molecular weight excluding hydrogens is 304 g/mol. The Kier molecular flexibility index (Phi) is 5.03. The van der Waals surface area contributed by atoms with Crippen molar-refractivity contribution in [1.82, 2.24) is 4.72 Å². The van der Waals surface area contributed by atoms with Gasteiger partial charge in [0.05, 0.1) is 0 Å². The standard InChI is InChI=1S/C19H22N2OS/c1-14(2)19(22)21-11-10-16-12-15(8-9-18(16)21)13-20-23-17-6-4-3-5-7-17/h3-9,12,14,20H,10-11,13H2,1-2H3. The number of rotatable bonds is 5. The Morgan fingerprint density at radius 2 is 2.00 bits per heavy atom. The van der Waals surface area contributed by atoms with E-state index in [-0.39, 0.29) is 11.8 Å². The molecule has 2 aromatic rings. The first-order chi connectivity index (χ1) is 11.1. The van der Waals surface area contributed by atoms with Gasteiger partial charge in [-0.1, -0.05) is 44.2 Å². The molecule has 0 spiro atoms. The maximum atomic E-state index is 12.2. The van der Waals surface area contributed by atoms with Gasteiger partial charge in [-0.15, -0.1) is 0 Å². The molecule has 0 bridgehead atoms. The van der Waals surface area contributed by atoms with Crippen molar-refractivity contribution in [2.45, 2.75) is 31.7 Å². The number of benzene rings is 2. The molecule has 1 N–H and O–H groups in total. The molecule has 1 amide bonds. The molecule has 0 fully saturated rings. The smallest absolute Gasteiger partial charge is 0.229 e. The van der Waals surface area contributed by atoms with Crippen LogP contribution >= 0.6 is 11.9 Å². The van der Waals surface area contributed by atoms with Gasteiger partial charge >= 0.3 is 0 Å². The summed E-state index contributed by atoms with van der Waals surface area (Å²) in [7, 11) is 0. The zero-order valence-electron chi connectivity index (χ0n) is 13.6. The number of nitrogens with zero attached hydrogens (tertiary/aromatic N) is 1. The van der Waals surface area contributed by atoms with Crippen LogP contribution in [0.1, 0.15) is 25.0 Å². The molecule has 1 heterocycles. The Morgan fingerprint density at radius 1 is 1.22 bits per heavy atom. The Labute approximate surface area is 142 Å². The number of hydrogen-bond acceptors (Lipinski definition) is 3. The maximum absolute atomic E-state index is 12.2. The number of carbonyl (C=O) groups is 1. The van der Waals surface area contributed by atoms with Gasteiger partial charge in [-0.2, -0.15) is 0 Å². The first-order valence-corrected chi connectivity index (χ1v) is 8.85. The average molecular weight is 326 g/mol. The molecule has 23 heavy (non-hydrogen) atoms. The van der Waals surface area contributed by atoms with E-state index >= 15 is 0 Å². The normalized spacial score (nSPS) is 13.4. The van der Waals surface area contributed by atoms with Crippen LogP contribution in [-0.2, 0) is 17.8 Å². The van der Waals surface area contributed by atoms with E-state index in [1.165, 1.54) is 16.0 Å². The third-order valence-electron chi connectivity index (χ3n) is 4.01. The lowest BCUT2D eigenvalue weighted by Crippen LogP contribution is -2.32. The van der Waals surface area contributed by atoms with Crippen molar-refractivity contribution < 1.29 is 4.79 Å². The van der Waals surface area contributed by atoms with Gasteiger partial charge in [0.15, 0.2) is 0 Å². The molecule has 0 aromatic heterocycles. The minimum atomic E-state index is 0.0459. The predicted molar refractivity (Wildman–Crippen MR) is 96.5 cm³/mol. The maximum Gasteiger partial charge on any atom is 0.229 e. The highest BCUT2D eigenvalue weighted by molar-refractivity contribution is 7.97. The van der Waals surface area contributed by atoms with Crippen molar-refractivity contribution in [2.75, 3.05) is 11.4 Å². The molecule has 0 aliphatic carbocycles. The summed E-state index contributed by atoms with van der Waals surface area (Å²) in [5.41, 5.74) is 3.62. The number of amides is 1. The fourth-order valence-electron chi connectivity index (χ4n) is 2.80. The Bertz CT molecular complexity index is 685. The van der Waals surface area contributed by atoms with E-state index in [0.717, 1.165) is 25.2 Å². The van der Waals surface area contributed by atoms with Crippen molar-refractivity contribution in [3.63, 3.8) is 0 Å². The van der Waals surface area contributed by atoms with Crippen molar-refractivity contribution >= 4 is 23.5 Å². The lowest BCUT2D eigenvalue weighted by atomic mass is 10.1. The highest BCUT2D eigenvalue weighted by Crippen LogP contribution is 2.30. The molecule has 0 saturated carbocycles. The Balaban J connectivity index is 1.62. The SMILES string of the molecule is CC(C)C(=O)N1CCc2cc(CNSc3ccccc3)ccc21. The van der Waals surface area contributed by atoms with E-state index in [1.54, 1.807) is 11.9 Å². The van der Waals surface area contributed by atoms with Crippen LogP contribution in [0.25, 0.3) is 0 Å². The monoisotopic (exact) mass is 326 g/mol. The third-order valence-corrected chi connectivity index (χ3v) is 4.81.